The molecule has 0 N–H and O–H groups in total. The van der Waals surface area contributed by atoms with Gasteiger partial charge in [0.2, 0.25) is 0 Å². The van der Waals surface area contributed by atoms with Crippen LogP contribution in [0.4, 0.5) is 4.39 Å². The molecule has 0 aromatic carbocycles. The van der Waals surface area contributed by atoms with Gasteiger partial charge in [0.15, 0.2) is 0 Å². The van der Waals surface area contributed by atoms with Gasteiger partial charge in [-0.25, -0.2) is 0 Å². The monoisotopic (exact) mass is 104 g/mol. The molecular weight excluding hydrogens is 95.1 g/mol. The summed E-state index contributed by atoms with van der Waals surface area (Å²) in [5.41, 5.74) is 0. The molecule has 0 amide bonds. The summed E-state index contributed by atoms with van der Waals surface area (Å²) in [6.07, 6.45) is 0.770. The molecule has 0 aromatic rings. The quantitative estimate of drug-likeness (QED) is 0.527. The fourth-order valence-corrected chi connectivity index (χ4v) is 0.316. The third-order valence-corrected chi connectivity index (χ3v) is 0.662. The lowest BCUT2D eigenvalue weighted by Crippen LogP contribution is -1.88. The Balaban J connectivity index is 2.82. The first kappa shape index (κ1) is 6.60. The fourth-order valence-electron chi connectivity index (χ4n) is 0.316. The average molecular weight is 104 g/mol. The van der Waals surface area contributed by atoms with Crippen molar-refractivity contribution in [1.82, 2.24) is 0 Å². The Hall–Kier alpha value is -0.400. The predicted octanol–water partition coefficient (Wildman–Crippen LogP) is 1.33. The number of hydrogen-bond acceptors (Lipinski definition) is 1. The van der Waals surface area contributed by atoms with Crippen molar-refractivity contribution in [2.75, 3.05) is 6.67 Å². The molecule has 0 aliphatic carbocycles. The SMILES string of the molecule is CC(=O)CCCF. The Morgan fingerprint density at radius 1 is 1.71 bits per heavy atom. The largest absolute Gasteiger partial charge is 0.300 e. The fraction of sp³-hybridized carbons (Fsp3) is 0.800. The number of carbonyl (C=O) groups excluding carboxylic acids is 1. The molecule has 0 saturated heterocycles. The number of Topliss-reactive ketones (excluding diaryl/α,β-unsaturated/α-hetero) is 1. The number of ketones is 1. The minimum Gasteiger partial charge on any atom is -0.300 e. The minimum atomic E-state index is -0.375. The van der Waals surface area contributed by atoms with Crippen LogP contribution >= 0.6 is 0 Å². The van der Waals surface area contributed by atoms with Crippen LogP contribution in [0.5, 0.6) is 0 Å². The molecule has 2 heteroatoms. The Kier molecular flexibility index (Phi) is 3.56. The van der Waals surface area contributed by atoms with Gasteiger partial charge in [-0.3, -0.25) is 4.39 Å². The maximum absolute atomic E-state index is 11.2. The molecule has 0 atom stereocenters. The Bertz CT molecular complexity index is 61.1. The molecule has 0 saturated carbocycles. The number of hydrogen-bond donors (Lipinski definition) is 0. The van der Waals surface area contributed by atoms with Crippen LogP contribution in [0.2, 0.25) is 0 Å². The number of halogens is 1. The summed E-state index contributed by atoms with van der Waals surface area (Å²) in [7, 11) is 0. The third-order valence-electron chi connectivity index (χ3n) is 0.662. The first-order valence-electron chi connectivity index (χ1n) is 2.32. The van der Waals surface area contributed by atoms with E-state index < -0.39 is 0 Å². The highest BCUT2D eigenvalue weighted by Gasteiger charge is 1.89. The highest BCUT2D eigenvalue weighted by molar-refractivity contribution is 5.75. The van der Waals surface area contributed by atoms with Crippen LogP contribution < -0.4 is 0 Å². The van der Waals surface area contributed by atoms with Gasteiger partial charge >= 0.3 is 0 Å². The molecule has 1 nitrogen and oxygen atoms in total. The van der Waals surface area contributed by atoms with Crippen LogP contribution in [-0.4, -0.2) is 12.5 Å². The zero-order valence-corrected chi connectivity index (χ0v) is 4.41. The lowest BCUT2D eigenvalue weighted by molar-refractivity contribution is -0.117. The van der Waals surface area contributed by atoms with Crippen LogP contribution in [0, 0.1) is 0 Å². The molecule has 0 radical (unpaired) electrons. The molecule has 0 spiro atoms. The van der Waals surface area contributed by atoms with E-state index in [9.17, 15) is 9.18 Å². The second-order valence-electron chi connectivity index (χ2n) is 1.49. The Morgan fingerprint density at radius 2 is 2.29 bits per heavy atom. The van der Waals surface area contributed by atoms with Gasteiger partial charge in [0.25, 0.3) is 0 Å². The van der Waals surface area contributed by atoms with E-state index in [1.165, 1.54) is 6.92 Å². The number of rotatable bonds is 3. The Morgan fingerprint density at radius 3 is 2.43 bits per heavy atom. The van der Waals surface area contributed by atoms with Crippen molar-refractivity contribution in [3.05, 3.63) is 0 Å². The van der Waals surface area contributed by atoms with E-state index >= 15 is 0 Å². The van der Waals surface area contributed by atoms with Crippen LogP contribution in [0.15, 0.2) is 0 Å². The third kappa shape index (κ3) is 5.60. The van der Waals surface area contributed by atoms with Gasteiger partial charge in [0.05, 0.1) is 6.67 Å². The van der Waals surface area contributed by atoms with Crippen LogP contribution in [0.1, 0.15) is 19.8 Å². The molecular formula is C5H9FO. The first-order chi connectivity index (χ1) is 3.27. The zero-order valence-electron chi connectivity index (χ0n) is 4.41. The van der Waals surface area contributed by atoms with Gasteiger partial charge in [0.1, 0.15) is 5.78 Å². The molecule has 0 aliphatic heterocycles. The summed E-state index contributed by atoms with van der Waals surface area (Å²) >= 11 is 0. The van der Waals surface area contributed by atoms with Crippen LogP contribution in [0.3, 0.4) is 0 Å². The van der Waals surface area contributed by atoms with E-state index in [4.69, 9.17) is 0 Å². The van der Waals surface area contributed by atoms with Crippen molar-refractivity contribution in [2.24, 2.45) is 0 Å². The molecule has 0 aromatic heterocycles. The lowest BCUT2D eigenvalue weighted by Gasteiger charge is -1.84. The van der Waals surface area contributed by atoms with E-state index in [2.05, 4.69) is 0 Å². The number of alkyl halides is 1. The van der Waals surface area contributed by atoms with Crippen molar-refractivity contribution >= 4 is 5.78 Å². The zero-order chi connectivity index (χ0) is 5.70. The van der Waals surface area contributed by atoms with Gasteiger partial charge in [-0.1, -0.05) is 0 Å². The van der Waals surface area contributed by atoms with E-state index in [0.29, 0.717) is 12.8 Å². The van der Waals surface area contributed by atoms with Gasteiger partial charge in [-0.2, -0.15) is 0 Å². The van der Waals surface area contributed by atoms with Crippen molar-refractivity contribution in [1.29, 1.82) is 0 Å². The molecule has 42 valence electrons. The minimum absolute atomic E-state index is 0.0673. The van der Waals surface area contributed by atoms with E-state index in [-0.39, 0.29) is 12.5 Å². The summed E-state index contributed by atoms with van der Waals surface area (Å²) in [5, 5.41) is 0. The maximum Gasteiger partial charge on any atom is 0.129 e. The van der Waals surface area contributed by atoms with Crippen LogP contribution in [-0.2, 0) is 4.79 Å². The normalized spacial score (nSPS) is 8.86. The van der Waals surface area contributed by atoms with Crippen molar-refractivity contribution < 1.29 is 9.18 Å². The van der Waals surface area contributed by atoms with E-state index in [0.717, 1.165) is 0 Å². The second kappa shape index (κ2) is 3.78. The lowest BCUT2D eigenvalue weighted by atomic mass is 10.2. The summed E-state index contributed by atoms with van der Waals surface area (Å²) in [4.78, 5) is 10.0. The molecule has 0 fully saturated rings. The predicted molar refractivity (Wildman–Crippen MR) is 25.9 cm³/mol. The maximum atomic E-state index is 11.2. The summed E-state index contributed by atoms with van der Waals surface area (Å²) < 4.78 is 11.2. The first-order valence-corrected chi connectivity index (χ1v) is 2.32. The van der Waals surface area contributed by atoms with Gasteiger partial charge in [-0.15, -0.1) is 0 Å². The Labute approximate surface area is 42.5 Å². The molecule has 0 unspecified atom stereocenters. The molecule has 0 aliphatic rings. The molecule has 0 rings (SSSR count). The van der Waals surface area contributed by atoms with Crippen molar-refractivity contribution in [3.63, 3.8) is 0 Å². The van der Waals surface area contributed by atoms with Crippen LogP contribution in [0.25, 0.3) is 0 Å². The van der Waals surface area contributed by atoms with Gasteiger partial charge < -0.3 is 4.79 Å². The van der Waals surface area contributed by atoms with Crippen molar-refractivity contribution in [3.8, 4) is 0 Å². The van der Waals surface area contributed by atoms with Gasteiger partial charge in [-0.05, 0) is 13.3 Å². The standard InChI is InChI=1S/C5H9FO/c1-5(7)3-2-4-6/h2-4H2,1H3. The summed E-state index contributed by atoms with van der Waals surface area (Å²) in [6, 6.07) is 0. The van der Waals surface area contributed by atoms with E-state index in [1.807, 2.05) is 0 Å². The van der Waals surface area contributed by atoms with Crippen molar-refractivity contribution in [2.45, 2.75) is 19.8 Å². The molecule has 0 bridgehead atoms. The average Bonchev–Trinajstić information content (AvgIpc) is 1.61. The van der Waals surface area contributed by atoms with E-state index in [1.54, 1.807) is 0 Å². The highest BCUT2D eigenvalue weighted by atomic mass is 19.1. The second-order valence-corrected chi connectivity index (χ2v) is 1.49. The molecule has 7 heavy (non-hydrogen) atoms. The topological polar surface area (TPSA) is 17.1 Å². The molecule has 0 heterocycles. The summed E-state index contributed by atoms with van der Waals surface area (Å²) in [5.74, 6) is 0.0673. The smallest absolute Gasteiger partial charge is 0.129 e. The summed E-state index contributed by atoms with van der Waals surface area (Å²) in [6.45, 7) is 1.09. The number of carbonyl (C=O) groups is 1. The van der Waals surface area contributed by atoms with Gasteiger partial charge in [0, 0.05) is 6.42 Å². The highest BCUT2D eigenvalue weighted by Crippen LogP contribution is 1.88.